The lowest BCUT2D eigenvalue weighted by Crippen LogP contribution is -2.29. The third-order valence-corrected chi connectivity index (χ3v) is 5.82. The SMILES string of the molecule is CCc1ccc(/C(O)=C2\C(=O)C(=O)N(c3ccc(C)c(C)c3)C2c2ccccn2)cc1. The smallest absolute Gasteiger partial charge is 0.300 e. The van der Waals surface area contributed by atoms with Crippen LogP contribution in [0.4, 0.5) is 5.69 Å². The Morgan fingerprint density at radius 2 is 1.74 bits per heavy atom. The lowest BCUT2D eigenvalue weighted by Gasteiger charge is -2.25. The first kappa shape index (κ1) is 20.5. The highest BCUT2D eigenvalue weighted by atomic mass is 16.3. The van der Waals surface area contributed by atoms with Crippen LogP contribution >= 0.6 is 0 Å². The van der Waals surface area contributed by atoms with Crippen LogP contribution in [0, 0.1) is 13.8 Å². The van der Waals surface area contributed by atoms with Crippen LogP contribution in [0.3, 0.4) is 0 Å². The van der Waals surface area contributed by atoms with E-state index in [9.17, 15) is 14.7 Å². The molecule has 1 aromatic heterocycles. The highest BCUT2D eigenvalue weighted by Gasteiger charge is 2.47. The zero-order valence-corrected chi connectivity index (χ0v) is 17.8. The molecule has 0 saturated carbocycles. The fourth-order valence-corrected chi connectivity index (χ4v) is 3.85. The first-order chi connectivity index (χ1) is 14.9. The Balaban J connectivity index is 1.92. The maximum absolute atomic E-state index is 13.1. The van der Waals surface area contributed by atoms with E-state index in [0.717, 1.165) is 23.1 Å². The van der Waals surface area contributed by atoms with Crippen molar-refractivity contribution in [1.29, 1.82) is 0 Å². The third kappa shape index (κ3) is 3.63. The molecule has 0 radical (unpaired) electrons. The van der Waals surface area contributed by atoms with Gasteiger partial charge in [-0.2, -0.15) is 0 Å². The molecule has 5 heteroatoms. The van der Waals surface area contributed by atoms with Crippen molar-refractivity contribution in [1.82, 2.24) is 4.98 Å². The molecule has 1 amide bonds. The summed E-state index contributed by atoms with van der Waals surface area (Å²) in [6.07, 6.45) is 2.48. The van der Waals surface area contributed by atoms with Gasteiger partial charge in [0, 0.05) is 17.4 Å². The second-order valence-electron chi connectivity index (χ2n) is 7.74. The van der Waals surface area contributed by atoms with Gasteiger partial charge in [-0.05, 0) is 61.2 Å². The van der Waals surface area contributed by atoms with E-state index < -0.39 is 17.7 Å². The summed E-state index contributed by atoms with van der Waals surface area (Å²) >= 11 is 0. The van der Waals surface area contributed by atoms with Crippen LogP contribution in [-0.4, -0.2) is 21.8 Å². The van der Waals surface area contributed by atoms with Gasteiger partial charge in [0.05, 0.1) is 11.3 Å². The number of carbonyl (C=O) groups is 2. The summed E-state index contributed by atoms with van der Waals surface area (Å²) in [5.74, 6) is -1.58. The summed E-state index contributed by atoms with van der Waals surface area (Å²) in [6.45, 7) is 5.99. The molecule has 1 unspecified atom stereocenters. The van der Waals surface area contributed by atoms with Crippen LogP contribution in [0.1, 0.15) is 40.9 Å². The number of carbonyl (C=O) groups excluding carboxylic acids is 2. The molecule has 4 rings (SSSR count). The molecule has 2 heterocycles. The molecule has 1 N–H and O–H groups in total. The van der Waals surface area contributed by atoms with Gasteiger partial charge in [0.2, 0.25) is 0 Å². The Labute approximate surface area is 181 Å². The molecule has 1 fully saturated rings. The number of pyridine rings is 1. The molecular formula is C26H24N2O3. The van der Waals surface area contributed by atoms with Crippen molar-refractivity contribution in [3.8, 4) is 0 Å². The van der Waals surface area contributed by atoms with Crippen molar-refractivity contribution < 1.29 is 14.7 Å². The number of aromatic nitrogens is 1. The van der Waals surface area contributed by atoms with E-state index in [1.165, 1.54) is 4.90 Å². The molecule has 0 spiro atoms. The standard InChI is InChI=1S/C26H24N2O3/c1-4-18-9-11-19(12-10-18)24(29)22-23(21-7-5-6-14-27-21)28(26(31)25(22)30)20-13-8-16(2)17(3)15-20/h5-15,23,29H,4H2,1-3H3/b24-22+. The highest BCUT2D eigenvalue weighted by molar-refractivity contribution is 6.51. The number of ketones is 1. The Bertz CT molecular complexity index is 1180. The Kier molecular flexibility index (Phi) is 5.42. The third-order valence-electron chi connectivity index (χ3n) is 5.82. The summed E-state index contributed by atoms with van der Waals surface area (Å²) in [5.41, 5.74) is 4.88. The summed E-state index contributed by atoms with van der Waals surface area (Å²) in [7, 11) is 0. The molecule has 3 aromatic rings. The van der Waals surface area contributed by atoms with Crippen LogP contribution in [0.15, 0.2) is 72.4 Å². The van der Waals surface area contributed by atoms with Gasteiger partial charge in [0.1, 0.15) is 11.8 Å². The van der Waals surface area contributed by atoms with Gasteiger partial charge in [0.25, 0.3) is 11.7 Å². The highest BCUT2D eigenvalue weighted by Crippen LogP contribution is 2.41. The van der Waals surface area contributed by atoms with Gasteiger partial charge in [-0.1, -0.05) is 43.3 Å². The van der Waals surface area contributed by atoms with Crippen LogP contribution < -0.4 is 4.90 Å². The lowest BCUT2D eigenvalue weighted by atomic mass is 9.97. The normalized spacial score (nSPS) is 17.9. The fraction of sp³-hybridized carbons (Fsp3) is 0.192. The predicted octanol–water partition coefficient (Wildman–Crippen LogP) is 4.89. The number of hydrogen-bond acceptors (Lipinski definition) is 4. The monoisotopic (exact) mass is 412 g/mol. The minimum Gasteiger partial charge on any atom is -0.507 e. The van der Waals surface area contributed by atoms with Gasteiger partial charge in [0.15, 0.2) is 0 Å². The Morgan fingerprint density at radius 3 is 2.35 bits per heavy atom. The average Bonchev–Trinajstić information content (AvgIpc) is 3.06. The van der Waals surface area contributed by atoms with Crippen molar-refractivity contribution in [2.24, 2.45) is 0 Å². The maximum Gasteiger partial charge on any atom is 0.300 e. The van der Waals surface area contributed by atoms with Crippen molar-refractivity contribution in [3.63, 3.8) is 0 Å². The number of aliphatic hydroxyl groups excluding tert-OH is 1. The number of hydrogen-bond donors (Lipinski definition) is 1. The Morgan fingerprint density at radius 1 is 1.00 bits per heavy atom. The molecule has 0 bridgehead atoms. The van der Waals surface area contributed by atoms with Crippen molar-refractivity contribution in [2.75, 3.05) is 4.90 Å². The van der Waals surface area contributed by atoms with Gasteiger partial charge in [-0.3, -0.25) is 19.5 Å². The van der Waals surface area contributed by atoms with Gasteiger partial charge in [-0.15, -0.1) is 0 Å². The molecule has 31 heavy (non-hydrogen) atoms. The van der Waals surface area contributed by atoms with E-state index in [1.807, 2.05) is 51.1 Å². The molecule has 156 valence electrons. The zero-order valence-electron chi connectivity index (χ0n) is 17.8. The minimum atomic E-state index is -0.811. The number of aryl methyl sites for hydroxylation is 3. The van der Waals surface area contributed by atoms with E-state index in [0.29, 0.717) is 16.9 Å². The van der Waals surface area contributed by atoms with Gasteiger partial charge in [-0.25, -0.2) is 0 Å². The van der Waals surface area contributed by atoms with Crippen molar-refractivity contribution in [3.05, 3.63) is 100 Å². The van der Waals surface area contributed by atoms with Crippen LogP contribution in [0.25, 0.3) is 5.76 Å². The maximum atomic E-state index is 13.1. The van der Waals surface area contributed by atoms with E-state index in [4.69, 9.17) is 0 Å². The second-order valence-corrected chi connectivity index (χ2v) is 7.74. The number of rotatable bonds is 4. The molecular weight excluding hydrogens is 388 g/mol. The first-order valence-electron chi connectivity index (χ1n) is 10.3. The van der Waals surface area contributed by atoms with Gasteiger partial charge >= 0.3 is 0 Å². The quantitative estimate of drug-likeness (QED) is 0.376. The van der Waals surface area contributed by atoms with E-state index >= 15 is 0 Å². The van der Waals surface area contributed by atoms with Crippen LogP contribution in [-0.2, 0) is 16.0 Å². The molecule has 5 nitrogen and oxygen atoms in total. The minimum absolute atomic E-state index is 0.0474. The molecule has 1 aliphatic heterocycles. The molecule has 0 aliphatic carbocycles. The molecule has 1 saturated heterocycles. The number of benzene rings is 2. The summed E-state index contributed by atoms with van der Waals surface area (Å²) in [5, 5.41) is 11.1. The Hall–Kier alpha value is -3.73. The topological polar surface area (TPSA) is 70.5 Å². The molecule has 2 aromatic carbocycles. The predicted molar refractivity (Wildman–Crippen MR) is 121 cm³/mol. The average molecular weight is 412 g/mol. The number of aliphatic hydroxyl groups is 1. The van der Waals surface area contributed by atoms with Crippen LogP contribution in [0.5, 0.6) is 0 Å². The summed E-state index contributed by atoms with van der Waals surface area (Å²) < 4.78 is 0. The fourth-order valence-electron chi connectivity index (χ4n) is 3.85. The van der Waals surface area contributed by atoms with Crippen molar-refractivity contribution in [2.45, 2.75) is 33.2 Å². The van der Waals surface area contributed by atoms with Crippen molar-refractivity contribution >= 4 is 23.1 Å². The number of Topliss-reactive ketones (excluding diaryl/α,β-unsaturated/α-hetero) is 1. The van der Waals surface area contributed by atoms with Crippen LogP contribution in [0.2, 0.25) is 0 Å². The lowest BCUT2D eigenvalue weighted by molar-refractivity contribution is -0.132. The number of nitrogens with zero attached hydrogens (tertiary/aromatic N) is 2. The molecule has 1 aliphatic rings. The number of amides is 1. The van der Waals surface area contributed by atoms with E-state index in [2.05, 4.69) is 4.98 Å². The van der Waals surface area contributed by atoms with E-state index in [-0.39, 0.29) is 11.3 Å². The number of anilines is 1. The van der Waals surface area contributed by atoms with E-state index in [1.54, 1.807) is 36.5 Å². The zero-order chi connectivity index (χ0) is 22.1. The first-order valence-corrected chi connectivity index (χ1v) is 10.3. The molecule has 1 atom stereocenters. The summed E-state index contributed by atoms with van der Waals surface area (Å²) in [4.78, 5) is 32.1. The summed E-state index contributed by atoms with van der Waals surface area (Å²) in [6, 6.07) is 17.5. The second kappa shape index (κ2) is 8.19. The largest absolute Gasteiger partial charge is 0.507 e. The van der Waals surface area contributed by atoms with Gasteiger partial charge < -0.3 is 5.11 Å².